The lowest BCUT2D eigenvalue weighted by Gasteiger charge is -2.19. The Kier molecular flexibility index (Phi) is 2.41. The molecule has 1 saturated carbocycles. The van der Waals surface area contributed by atoms with Crippen LogP contribution in [0.5, 0.6) is 0 Å². The van der Waals surface area contributed by atoms with Crippen LogP contribution in [0.25, 0.3) is 0 Å². The lowest BCUT2D eigenvalue weighted by atomic mass is 9.92. The standard InChI is InChI=1S/C12H17BrN2/c1-11(2,3)8-7-9(13)15-10(14-8)12(4)5-6-12/h7H,5-6H2,1-4H3. The average Bonchev–Trinajstić information content (AvgIpc) is 2.82. The molecule has 1 aromatic heterocycles. The molecule has 0 radical (unpaired) electrons. The van der Waals surface area contributed by atoms with E-state index in [1.807, 2.05) is 6.07 Å². The highest BCUT2D eigenvalue weighted by Crippen LogP contribution is 2.46. The van der Waals surface area contributed by atoms with Crippen molar-refractivity contribution in [2.75, 3.05) is 0 Å². The predicted octanol–water partition coefficient (Wildman–Crippen LogP) is 3.59. The fourth-order valence-electron chi connectivity index (χ4n) is 1.48. The SMILES string of the molecule is CC(C)(C)c1cc(Br)nc(C2(C)CC2)n1. The van der Waals surface area contributed by atoms with Gasteiger partial charge in [0.2, 0.25) is 0 Å². The van der Waals surface area contributed by atoms with Crippen LogP contribution in [0.4, 0.5) is 0 Å². The fraction of sp³-hybridized carbons (Fsp3) is 0.667. The highest BCUT2D eigenvalue weighted by molar-refractivity contribution is 9.10. The highest BCUT2D eigenvalue weighted by atomic mass is 79.9. The molecule has 2 rings (SSSR count). The zero-order valence-electron chi connectivity index (χ0n) is 9.76. The van der Waals surface area contributed by atoms with Crippen molar-refractivity contribution in [3.8, 4) is 0 Å². The van der Waals surface area contributed by atoms with E-state index in [4.69, 9.17) is 4.98 Å². The van der Waals surface area contributed by atoms with Crippen LogP contribution in [-0.2, 0) is 10.8 Å². The van der Waals surface area contributed by atoms with Crippen molar-refractivity contribution in [2.45, 2.75) is 51.4 Å². The predicted molar refractivity (Wildman–Crippen MR) is 65.0 cm³/mol. The first-order valence-electron chi connectivity index (χ1n) is 5.37. The van der Waals surface area contributed by atoms with Crippen LogP contribution in [0.3, 0.4) is 0 Å². The van der Waals surface area contributed by atoms with Crippen LogP contribution in [-0.4, -0.2) is 9.97 Å². The van der Waals surface area contributed by atoms with Crippen molar-refractivity contribution < 1.29 is 0 Å². The topological polar surface area (TPSA) is 25.8 Å². The molecule has 0 saturated heterocycles. The molecule has 0 bridgehead atoms. The van der Waals surface area contributed by atoms with Crippen molar-refractivity contribution in [3.05, 3.63) is 22.2 Å². The third-order valence-corrected chi connectivity index (χ3v) is 3.41. The van der Waals surface area contributed by atoms with Gasteiger partial charge in [-0.15, -0.1) is 0 Å². The first-order chi connectivity index (χ1) is 6.81. The third kappa shape index (κ3) is 2.22. The van der Waals surface area contributed by atoms with Crippen LogP contribution in [0.1, 0.15) is 52.1 Å². The summed E-state index contributed by atoms with van der Waals surface area (Å²) in [4.78, 5) is 9.18. The smallest absolute Gasteiger partial charge is 0.135 e. The van der Waals surface area contributed by atoms with Gasteiger partial charge in [-0.25, -0.2) is 9.97 Å². The van der Waals surface area contributed by atoms with Crippen LogP contribution in [0.2, 0.25) is 0 Å². The van der Waals surface area contributed by atoms with Crippen molar-refractivity contribution in [2.24, 2.45) is 0 Å². The van der Waals surface area contributed by atoms with E-state index < -0.39 is 0 Å². The normalized spacial score (nSPS) is 19.0. The Bertz CT molecular complexity index is 366. The maximum absolute atomic E-state index is 4.70. The summed E-state index contributed by atoms with van der Waals surface area (Å²) in [5.41, 5.74) is 1.45. The maximum atomic E-state index is 4.70. The monoisotopic (exact) mass is 268 g/mol. The van der Waals surface area contributed by atoms with Gasteiger partial charge in [-0.2, -0.15) is 0 Å². The van der Waals surface area contributed by atoms with E-state index in [-0.39, 0.29) is 10.8 Å². The molecule has 82 valence electrons. The van der Waals surface area contributed by atoms with Crippen molar-refractivity contribution in [3.63, 3.8) is 0 Å². The molecule has 15 heavy (non-hydrogen) atoms. The van der Waals surface area contributed by atoms with Gasteiger partial charge in [0.15, 0.2) is 0 Å². The van der Waals surface area contributed by atoms with Crippen molar-refractivity contribution in [1.82, 2.24) is 9.97 Å². The molecule has 1 heterocycles. The summed E-state index contributed by atoms with van der Waals surface area (Å²) in [5.74, 6) is 1.00. The van der Waals surface area contributed by atoms with Gasteiger partial charge in [0.1, 0.15) is 10.4 Å². The second-order valence-electron chi connectivity index (χ2n) is 5.71. The first-order valence-corrected chi connectivity index (χ1v) is 6.16. The Morgan fingerprint density at radius 1 is 1.27 bits per heavy atom. The summed E-state index contributed by atoms with van der Waals surface area (Å²) in [5, 5.41) is 0. The summed E-state index contributed by atoms with van der Waals surface area (Å²) >= 11 is 3.47. The molecule has 0 N–H and O–H groups in total. The van der Waals surface area contributed by atoms with Gasteiger partial charge >= 0.3 is 0 Å². The summed E-state index contributed by atoms with van der Waals surface area (Å²) in [7, 11) is 0. The Balaban J connectivity index is 2.46. The van der Waals surface area contributed by atoms with E-state index in [1.54, 1.807) is 0 Å². The van der Waals surface area contributed by atoms with Gasteiger partial charge in [0.25, 0.3) is 0 Å². The Morgan fingerprint density at radius 2 is 1.87 bits per heavy atom. The molecule has 0 amide bonds. The van der Waals surface area contributed by atoms with Crippen LogP contribution in [0.15, 0.2) is 10.7 Å². The quantitative estimate of drug-likeness (QED) is 0.728. The van der Waals surface area contributed by atoms with Gasteiger partial charge in [-0.3, -0.25) is 0 Å². The minimum Gasteiger partial charge on any atom is -0.237 e. The molecule has 1 aliphatic carbocycles. The minimum atomic E-state index is 0.0887. The molecule has 0 atom stereocenters. The molecule has 0 aromatic carbocycles. The van der Waals surface area contributed by atoms with Gasteiger partial charge < -0.3 is 0 Å². The second kappa shape index (κ2) is 3.27. The largest absolute Gasteiger partial charge is 0.237 e. The third-order valence-electron chi connectivity index (χ3n) is 3.00. The first kappa shape index (κ1) is 11.1. The summed E-state index contributed by atoms with van der Waals surface area (Å²) in [6.45, 7) is 8.78. The van der Waals surface area contributed by atoms with E-state index in [0.29, 0.717) is 0 Å². The van der Waals surface area contributed by atoms with E-state index in [9.17, 15) is 0 Å². The number of hydrogen-bond acceptors (Lipinski definition) is 2. The number of halogens is 1. The van der Waals surface area contributed by atoms with Crippen molar-refractivity contribution in [1.29, 1.82) is 0 Å². The van der Waals surface area contributed by atoms with E-state index in [0.717, 1.165) is 16.1 Å². The van der Waals surface area contributed by atoms with E-state index in [1.165, 1.54) is 12.8 Å². The molecule has 1 fully saturated rings. The minimum absolute atomic E-state index is 0.0887. The van der Waals surface area contributed by atoms with E-state index in [2.05, 4.69) is 48.6 Å². The van der Waals surface area contributed by atoms with Crippen molar-refractivity contribution >= 4 is 15.9 Å². The van der Waals surface area contributed by atoms with Crippen LogP contribution < -0.4 is 0 Å². The van der Waals surface area contributed by atoms with Gasteiger partial charge in [-0.1, -0.05) is 27.7 Å². The molecule has 3 heteroatoms. The molecule has 2 nitrogen and oxygen atoms in total. The van der Waals surface area contributed by atoms with Gasteiger partial charge in [-0.05, 0) is 34.8 Å². The molecular formula is C12H17BrN2. The average molecular weight is 269 g/mol. The molecule has 1 aromatic rings. The Hall–Kier alpha value is -0.440. The lowest BCUT2D eigenvalue weighted by molar-refractivity contribution is 0.552. The van der Waals surface area contributed by atoms with Crippen LogP contribution in [0, 0.1) is 0 Å². The van der Waals surface area contributed by atoms with Gasteiger partial charge in [0, 0.05) is 10.8 Å². The second-order valence-corrected chi connectivity index (χ2v) is 6.52. The fourth-order valence-corrected chi connectivity index (χ4v) is 1.87. The molecule has 0 spiro atoms. The summed E-state index contributed by atoms with van der Waals surface area (Å²) in [6, 6.07) is 2.02. The number of rotatable bonds is 1. The molecule has 1 aliphatic rings. The lowest BCUT2D eigenvalue weighted by Crippen LogP contribution is -2.18. The van der Waals surface area contributed by atoms with Crippen LogP contribution >= 0.6 is 15.9 Å². The molecule has 0 unspecified atom stereocenters. The van der Waals surface area contributed by atoms with Gasteiger partial charge in [0.05, 0.1) is 5.69 Å². The number of aromatic nitrogens is 2. The Morgan fingerprint density at radius 3 is 2.33 bits per heavy atom. The van der Waals surface area contributed by atoms with E-state index >= 15 is 0 Å². The maximum Gasteiger partial charge on any atom is 0.135 e. The summed E-state index contributed by atoms with van der Waals surface area (Å²) < 4.78 is 0.908. The highest BCUT2D eigenvalue weighted by Gasteiger charge is 2.42. The molecule has 0 aliphatic heterocycles. The number of hydrogen-bond donors (Lipinski definition) is 0. The Labute approximate surface area is 99.7 Å². The zero-order valence-corrected chi connectivity index (χ0v) is 11.3. The summed E-state index contributed by atoms with van der Waals surface area (Å²) in [6.07, 6.45) is 2.43. The zero-order chi connectivity index (χ0) is 11.3. The molecular weight excluding hydrogens is 252 g/mol. The number of nitrogens with zero attached hydrogens (tertiary/aromatic N) is 2.